The molecular weight excluding hydrogens is 656 g/mol. The summed E-state index contributed by atoms with van der Waals surface area (Å²) >= 11 is 0. The molecule has 2 aromatic rings. The Morgan fingerprint density at radius 2 is 1.75 bits per heavy atom. The van der Waals surface area contributed by atoms with Gasteiger partial charge in [0.1, 0.15) is 29.8 Å². The molecule has 0 radical (unpaired) electrons. The van der Waals surface area contributed by atoms with E-state index >= 15 is 0 Å². The molecule has 13 heteroatoms. The van der Waals surface area contributed by atoms with Gasteiger partial charge < -0.3 is 34.9 Å². The van der Waals surface area contributed by atoms with E-state index in [1.54, 1.807) is 43.4 Å². The van der Waals surface area contributed by atoms with Gasteiger partial charge >= 0.3 is 5.97 Å². The van der Waals surface area contributed by atoms with E-state index in [2.05, 4.69) is 10.6 Å². The maximum absolute atomic E-state index is 14.7. The number of amides is 3. The van der Waals surface area contributed by atoms with Crippen molar-refractivity contribution in [1.29, 1.82) is 0 Å². The van der Waals surface area contributed by atoms with Gasteiger partial charge in [-0.05, 0) is 60.6 Å². The zero-order valence-electron chi connectivity index (χ0n) is 28.8. The van der Waals surface area contributed by atoms with Crippen molar-refractivity contribution in [2.45, 2.75) is 81.4 Å². The van der Waals surface area contributed by atoms with Gasteiger partial charge in [-0.15, -0.1) is 0 Å². The van der Waals surface area contributed by atoms with Crippen molar-refractivity contribution in [3.8, 4) is 0 Å². The summed E-state index contributed by atoms with van der Waals surface area (Å²) in [5, 5.41) is 16.4. The highest BCUT2D eigenvalue weighted by atomic mass is 16.8. The fraction of sp³-hybridized carbons (Fsp3) is 0.526. The van der Waals surface area contributed by atoms with Crippen molar-refractivity contribution in [1.82, 2.24) is 20.6 Å². The molecule has 6 aliphatic rings. The standard InChI is InChI=1S/C38H44N4O9/c1-41(2)29(44)15-10-23-7-3-4-8-25(23)21-42-32-35(46)48-28-19-37(32,36(47)40-20-22-6-5-9-24(18-22)34(45)39-16-17-43)33(51-42)31-30(28)49-38(50-31,26-11-12-26)27-13-14-27/h3-10,15,18,26-28,30-33,43H,11-14,16-17,19-21H2,1-2H3,(H,39,45)(H,40,47)/t28-,30-,31-,32-,33+,37-/m0/s1. The molecular formula is C38H44N4O9. The third-order valence-corrected chi connectivity index (χ3v) is 11.2. The number of nitrogens with one attached hydrogen (secondary N) is 2. The summed E-state index contributed by atoms with van der Waals surface area (Å²) in [5.74, 6) is -1.66. The summed E-state index contributed by atoms with van der Waals surface area (Å²) in [6.07, 6.45) is 4.73. The molecule has 2 bridgehead atoms. The average molecular weight is 701 g/mol. The van der Waals surface area contributed by atoms with Gasteiger partial charge in [0.2, 0.25) is 11.8 Å². The number of ether oxygens (including phenoxy) is 3. The number of likely N-dealkylation sites (N-methyl/N-ethyl adjacent to an activating group) is 1. The van der Waals surface area contributed by atoms with Crippen LogP contribution in [-0.4, -0.2) is 102 Å². The smallest absolute Gasteiger partial charge is 0.327 e. The number of carbonyl (C=O) groups excluding carboxylic acids is 4. The van der Waals surface area contributed by atoms with Gasteiger partial charge in [-0.1, -0.05) is 36.4 Å². The van der Waals surface area contributed by atoms with Crippen molar-refractivity contribution in [2.75, 3.05) is 27.2 Å². The second-order valence-corrected chi connectivity index (χ2v) is 14.8. The minimum atomic E-state index is -1.35. The van der Waals surface area contributed by atoms with Crippen LogP contribution in [0.25, 0.3) is 6.08 Å². The Labute approximate surface area is 296 Å². The second-order valence-electron chi connectivity index (χ2n) is 14.8. The van der Waals surface area contributed by atoms with Crippen LogP contribution in [0, 0.1) is 17.3 Å². The van der Waals surface area contributed by atoms with Gasteiger partial charge in [0.15, 0.2) is 11.8 Å². The maximum Gasteiger partial charge on any atom is 0.327 e. The molecule has 2 aromatic carbocycles. The number of hydrogen-bond acceptors (Lipinski definition) is 10. The quantitative estimate of drug-likeness (QED) is 0.221. The first-order chi connectivity index (χ1) is 24.6. The number of fused-ring (bicyclic) bond motifs is 4. The summed E-state index contributed by atoms with van der Waals surface area (Å²) < 4.78 is 19.9. The number of benzene rings is 2. The Morgan fingerprint density at radius 1 is 1.00 bits per heavy atom. The molecule has 0 unspecified atom stereocenters. The lowest BCUT2D eigenvalue weighted by atomic mass is 9.62. The molecule has 6 atom stereocenters. The van der Waals surface area contributed by atoms with E-state index in [4.69, 9.17) is 24.2 Å². The zero-order chi connectivity index (χ0) is 35.5. The van der Waals surface area contributed by atoms with Gasteiger partial charge in [0, 0.05) is 57.1 Å². The molecule has 270 valence electrons. The summed E-state index contributed by atoms with van der Waals surface area (Å²) in [6.45, 7) is 0.205. The fourth-order valence-electron chi connectivity index (χ4n) is 8.43. The first kappa shape index (κ1) is 34.0. The van der Waals surface area contributed by atoms with Gasteiger partial charge in [-0.3, -0.25) is 24.0 Å². The minimum Gasteiger partial charge on any atom is -0.458 e. The van der Waals surface area contributed by atoms with Crippen molar-refractivity contribution in [3.63, 3.8) is 0 Å². The van der Waals surface area contributed by atoms with Crippen LogP contribution in [0.3, 0.4) is 0 Å². The van der Waals surface area contributed by atoms with Crippen molar-refractivity contribution in [2.24, 2.45) is 17.3 Å². The third-order valence-electron chi connectivity index (χ3n) is 11.2. The molecule has 51 heavy (non-hydrogen) atoms. The number of hydrogen-bond donors (Lipinski definition) is 3. The molecule has 8 rings (SSSR count). The summed E-state index contributed by atoms with van der Waals surface area (Å²) in [4.78, 5) is 62.0. The van der Waals surface area contributed by atoms with Gasteiger partial charge in [-0.2, -0.15) is 5.06 Å². The molecule has 3 heterocycles. The van der Waals surface area contributed by atoms with Gasteiger partial charge in [0.25, 0.3) is 5.91 Å². The molecule has 13 nitrogen and oxygen atoms in total. The molecule has 3 aliphatic carbocycles. The van der Waals surface area contributed by atoms with E-state index in [0.29, 0.717) is 11.1 Å². The molecule has 3 saturated heterocycles. The predicted octanol–water partition coefficient (Wildman–Crippen LogP) is 1.93. The summed E-state index contributed by atoms with van der Waals surface area (Å²) in [5.41, 5.74) is 1.31. The van der Waals surface area contributed by atoms with E-state index in [9.17, 15) is 19.2 Å². The molecule has 6 fully saturated rings. The number of aliphatic hydroxyl groups is 1. The third kappa shape index (κ3) is 5.94. The van der Waals surface area contributed by atoms with Crippen molar-refractivity contribution >= 4 is 29.8 Å². The molecule has 3 N–H and O–H groups in total. The van der Waals surface area contributed by atoms with Gasteiger partial charge in [-0.25, -0.2) is 0 Å². The maximum atomic E-state index is 14.7. The van der Waals surface area contributed by atoms with Crippen molar-refractivity contribution in [3.05, 3.63) is 76.9 Å². The molecule has 3 amide bonds. The Morgan fingerprint density at radius 3 is 2.47 bits per heavy atom. The first-order valence-corrected chi connectivity index (χ1v) is 17.9. The van der Waals surface area contributed by atoms with Gasteiger partial charge in [0.05, 0.1) is 13.2 Å². The Hall–Kier alpha value is -4.14. The Kier molecular flexibility index (Phi) is 8.74. The Bertz CT molecular complexity index is 1740. The first-order valence-electron chi connectivity index (χ1n) is 17.9. The highest BCUT2D eigenvalue weighted by molar-refractivity contribution is 5.95. The normalized spacial score (nSPS) is 30.5. The highest BCUT2D eigenvalue weighted by Crippen LogP contribution is 2.63. The Balaban J connectivity index is 1.12. The van der Waals surface area contributed by atoms with Crippen LogP contribution in [0.1, 0.15) is 59.2 Å². The lowest BCUT2D eigenvalue weighted by molar-refractivity contribution is -0.235. The van der Waals surface area contributed by atoms with Crippen LogP contribution >= 0.6 is 0 Å². The van der Waals surface area contributed by atoms with E-state index in [1.807, 2.05) is 30.3 Å². The number of esters is 1. The molecule has 3 aliphatic heterocycles. The topological polar surface area (TPSA) is 156 Å². The highest BCUT2D eigenvalue weighted by Gasteiger charge is 2.78. The van der Waals surface area contributed by atoms with Crippen LogP contribution in [-0.2, 0) is 46.5 Å². The summed E-state index contributed by atoms with van der Waals surface area (Å²) in [7, 11) is 3.36. The van der Waals surface area contributed by atoms with Crippen LogP contribution in [0.4, 0.5) is 0 Å². The number of nitrogens with zero attached hydrogens (tertiary/aromatic N) is 2. The molecule has 0 aromatic heterocycles. The number of aliphatic hydroxyl groups excluding tert-OH is 1. The van der Waals surface area contributed by atoms with Crippen LogP contribution < -0.4 is 10.6 Å². The molecule has 3 saturated carbocycles. The SMILES string of the molecule is CN(C)C(=O)C=Cc1ccccc1CN1O[C@@H]2[C@H]3OC(C4CC4)(C4CC4)O[C@H]3[C@@H]3C[C@]2(C(=O)NCc2cccc(C(=O)NCCO)c2)[C@@H]1C(=O)O3. The zero-order valence-corrected chi connectivity index (χ0v) is 28.8. The monoisotopic (exact) mass is 700 g/mol. The fourth-order valence-corrected chi connectivity index (χ4v) is 8.43. The minimum absolute atomic E-state index is 0.105. The van der Waals surface area contributed by atoms with Crippen LogP contribution in [0.5, 0.6) is 0 Å². The number of carbonyl (C=O) groups is 4. The lowest BCUT2D eigenvalue weighted by Crippen LogP contribution is -2.69. The van der Waals surface area contributed by atoms with E-state index in [1.165, 1.54) is 11.0 Å². The number of hydroxylamine groups is 2. The second kappa shape index (κ2) is 13.1. The predicted molar refractivity (Wildman–Crippen MR) is 181 cm³/mol. The average Bonchev–Trinajstić information content (AvgIpc) is 4.08. The van der Waals surface area contributed by atoms with Crippen LogP contribution in [0.2, 0.25) is 0 Å². The largest absolute Gasteiger partial charge is 0.458 e. The van der Waals surface area contributed by atoms with Crippen LogP contribution in [0.15, 0.2) is 54.6 Å². The molecule has 0 spiro atoms. The number of rotatable bonds is 12. The van der Waals surface area contributed by atoms with Crippen molar-refractivity contribution < 1.29 is 43.3 Å². The van der Waals surface area contributed by atoms with E-state index in [0.717, 1.165) is 36.8 Å². The summed E-state index contributed by atoms with van der Waals surface area (Å²) in [6, 6.07) is 13.4. The van der Waals surface area contributed by atoms with E-state index in [-0.39, 0.29) is 62.2 Å². The van der Waals surface area contributed by atoms with E-state index < -0.39 is 47.6 Å². The lowest BCUT2D eigenvalue weighted by Gasteiger charge is -2.48.